The van der Waals surface area contributed by atoms with Crippen molar-refractivity contribution in [1.29, 1.82) is 0 Å². The van der Waals surface area contributed by atoms with Gasteiger partial charge in [-0.05, 0) is 12.1 Å². The number of nitrogens with zero attached hydrogens (tertiary/aromatic N) is 2. The molecule has 1 aliphatic heterocycles. The van der Waals surface area contributed by atoms with Crippen molar-refractivity contribution in [2.75, 3.05) is 0 Å². The van der Waals surface area contributed by atoms with Crippen molar-refractivity contribution >= 4 is 11.9 Å². The number of hydrogen-bond donors (Lipinski definition) is 1. The predicted molar refractivity (Wildman–Crippen MR) is 40.9 cm³/mol. The van der Waals surface area contributed by atoms with Gasteiger partial charge in [-0.2, -0.15) is 0 Å². The lowest BCUT2D eigenvalue weighted by Crippen LogP contribution is -2.19. The summed E-state index contributed by atoms with van der Waals surface area (Å²) in [6, 6.07) is 7.63. The molecule has 0 fully saturated rings. The zero-order valence-corrected chi connectivity index (χ0v) is 5.73. The number of rotatable bonds is 0. The Kier molecular flexibility index (Phi) is 1.22. The van der Waals surface area contributed by atoms with Crippen molar-refractivity contribution < 1.29 is 5.21 Å². The molecule has 0 aromatic heterocycles. The second-order valence-electron chi connectivity index (χ2n) is 2.27. The normalized spacial score (nSPS) is 17.3. The molecule has 0 saturated heterocycles. The van der Waals surface area contributed by atoms with E-state index in [2.05, 4.69) is 10.1 Å². The van der Waals surface area contributed by atoms with Crippen molar-refractivity contribution in [2.45, 2.75) is 0 Å². The van der Waals surface area contributed by atoms with Crippen LogP contribution in [0.3, 0.4) is 0 Å². The number of fused-ring (bicyclic) bond motifs is 1. The molecule has 0 saturated carbocycles. The lowest BCUT2D eigenvalue weighted by atomic mass is 10.3. The van der Waals surface area contributed by atoms with Crippen LogP contribution in [-0.2, 0) is 0 Å². The first-order chi connectivity index (χ1) is 5.40. The molecule has 0 amide bonds. The van der Waals surface area contributed by atoms with Gasteiger partial charge in [0.15, 0.2) is 5.84 Å². The second kappa shape index (κ2) is 2.20. The Labute approximate surface area is 63.0 Å². The maximum Gasteiger partial charge on any atom is 0.192 e. The van der Waals surface area contributed by atoms with E-state index in [1.807, 2.05) is 24.3 Å². The third kappa shape index (κ3) is 0.902. The highest BCUT2D eigenvalue weighted by Gasteiger charge is 1.99. The molecule has 0 aliphatic carbocycles. The van der Waals surface area contributed by atoms with Gasteiger partial charge < -0.3 is 5.21 Å². The van der Waals surface area contributed by atoms with Gasteiger partial charge in [-0.25, -0.2) is 4.99 Å². The highest BCUT2D eigenvalue weighted by molar-refractivity contribution is 6.10. The molecule has 54 valence electrons. The Morgan fingerprint density at radius 3 is 2.82 bits per heavy atom. The molecule has 1 aromatic carbocycles. The topological polar surface area (TPSA) is 45.0 Å². The minimum atomic E-state index is 0.367. The molecule has 1 heterocycles. The average Bonchev–Trinajstić information content (AvgIpc) is 2.46. The fourth-order valence-corrected chi connectivity index (χ4v) is 1.06. The van der Waals surface area contributed by atoms with Crippen molar-refractivity contribution in [3.63, 3.8) is 0 Å². The summed E-state index contributed by atoms with van der Waals surface area (Å²) in [6.07, 6.45) is 1.73. The minimum absolute atomic E-state index is 0.367. The molecular weight excluding hydrogens is 140 g/mol. The van der Waals surface area contributed by atoms with Gasteiger partial charge in [-0.15, -0.1) is 0 Å². The number of amidine groups is 1. The first-order valence-corrected chi connectivity index (χ1v) is 3.28. The Hall–Kier alpha value is -1.64. The summed E-state index contributed by atoms with van der Waals surface area (Å²) in [4.78, 5) is 4.01. The molecule has 2 rings (SSSR count). The summed E-state index contributed by atoms with van der Waals surface area (Å²) in [6.45, 7) is 0. The van der Waals surface area contributed by atoms with Gasteiger partial charge in [0, 0.05) is 5.22 Å². The maximum absolute atomic E-state index is 8.40. The zero-order valence-electron chi connectivity index (χ0n) is 5.73. The lowest BCUT2D eigenvalue weighted by molar-refractivity contribution is 0.319. The van der Waals surface area contributed by atoms with Crippen LogP contribution in [0.5, 0.6) is 0 Å². The Balaban J connectivity index is 2.81. The summed E-state index contributed by atoms with van der Waals surface area (Å²) >= 11 is 0. The molecule has 11 heavy (non-hydrogen) atoms. The SMILES string of the molecule is ON=C1C=c2ccccc2=N1. The quantitative estimate of drug-likeness (QED) is 0.402. The average molecular weight is 146 g/mol. The number of para-hydroxylation sites is 1. The summed E-state index contributed by atoms with van der Waals surface area (Å²) in [5.41, 5.74) is 0. The monoisotopic (exact) mass is 146 g/mol. The van der Waals surface area contributed by atoms with Crippen molar-refractivity contribution in [1.82, 2.24) is 0 Å². The molecule has 0 bridgehead atoms. The van der Waals surface area contributed by atoms with Crippen LogP contribution in [0.2, 0.25) is 0 Å². The predicted octanol–water partition coefficient (Wildman–Crippen LogP) is -0.112. The van der Waals surface area contributed by atoms with Gasteiger partial charge in [0.05, 0.1) is 5.36 Å². The fraction of sp³-hybridized carbons (Fsp3) is 0. The van der Waals surface area contributed by atoms with E-state index in [0.29, 0.717) is 5.84 Å². The van der Waals surface area contributed by atoms with E-state index in [1.165, 1.54) is 0 Å². The summed E-state index contributed by atoms with van der Waals surface area (Å²) < 4.78 is 0. The largest absolute Gasteiger partial charge is 0.409 e. The van der Waals surface area contributed by atoms with Gasteiger partial charge in [0.25, 0.3) is 0 Å². The van der Waals surface area contributed by atoms with E-state index in [-0.39, 0.29) is 0 Å². The molecule has 0 radical (unpaired) electrons. The molecule has 0 atom stereocenters. The van der Waals surface area contributed by atoms with Crippen LogP contribution in [0.25, 0.3) is 6.08 Å². The van der Waals surface area contributed by atoms with Crippen LogP contribution < -0.4 is 10.6 Å². The molecule has 3 heteroatoms. The van der Waals surface area contributed by atoms with E-state index in [9.17, 15) is 0 Å². The summed E-state index contributed by atoms with van der Waals surface area (Å²) in [5.74, 6) is 0.367. The molecule has 0 spiro atoms. The molecule has 3 nitrogen and oxygen atoms in total. The van der Waals surface area contributed by atoms with Crippen LogP contribution in [0.4, 0.5) is 0 Å². The third-order valence-electron chi connectivity index (χ3n) is 1.56. The van der Waals surface area contributed by atoms with Gasteiger partial charge in [-0.1, -0.05) is 23.4 Å². The van der Waals surface area contributed by atoms with Gasteiger partial charge in [0.2, 0.25) is 0 Å². The summed E-state index contributed by atoms with van der Waals surface area (Å²) in [5, 5.41) is 13.3. The highest BCUT2D eigenvalue weighted by atomic mass is 16.4. The summed E-state index contributed by atoms with van der Waals surface area (Å²) in [7, 11) is 0. The zero-order chi connectivity index (χ0) is 7.68. The van der Waals surface area contributed by atoms with E-state index < -0.39 is 0 Å². The van der Waals surface area contributed by atoms with Crippen LogP contribution in [0.1, 0.15) is 0 Å². The number of hydrogen-bond acceptors (Lipinski definition) is 2. The van der Waals surface area contributed by atoms with E-state index in [0.717, 1.165) is 10.6 Å². The fourth-order valence-electron chi connectivity index (χ4n) is 1.06. The van der Waals surface area contributed by atoms with Crippen LogP contribution in [-0.4, -0.2) is 11.0 Å². The Morgan fingerprint density at radius 1 is 1.27 bits per heavy atom. The molecule has 1 aromatic rings. The first-order valence-electron chi connectivity index (χ1n) is 3.28. The molecule has 0 unspecified atom stereocenters. The van der Waals surface area contributed by atoms with Gasteiger partial charge >= 0.3 is 0 Å². The van der Waals surface area contributed by atoms with E-state index >= 15 is 0 Å². The Morgan fingerprint density at radius 2 is 2.09 bits per heavy atom. The molecule has 1 aliphatic rings. The molecular formula is C8H6N2O. The highest BCUT2D eigenvalue weighted by Crippen LogP contribution is 1.85. The number of benzene rings is 1. The lowest BCUT2D eigenvalue weighted by Gasteiger charge is -1.78. The van der Waals surface area contributed by atoms with Crippen molar-refractivity contribution in [3.05, 3.63) is 34.8 Å². The second-order valence-corrected chi connectivity index (χ2v) is 2.27. The smallest absolute Gasteiger partial charge is 0.192 e. The van der Waals surface area contributed by atoms with E-state index in [4.69, 9.17) is 5.21 Å². The molecule has 1 N–H and O–H groups in total. The standard InChI is InChI=1S/C8H6N2O/c11-10-8-5-6-3-1-2-4-7(6)9-8/h1-5,11H. The van der Waals surface area contributed by atoms with Crippen LogP contribution in [0.15, 0.2) is 34.4 Å². The van der Waals surface area contributed by atoms with Gasteiger partial charge in [0.1, 0.15) is 0 Å². The van der Waals surface area contributed by atoms with E-state index in [1.54, 1.807) is 6.08 Å². The maximum atomic E-state index is 8.40. The first kappa shape index (κ1) is 6.09. The van der Waals surface area contributed by atoms with Crippen LogP contribution in [0, 0.1) is 0 Å². The number of oxime groups is 1. The van der Waals surface area contributed by atoms with Crippen LogP contribution >= 0.6 is 0 Å². The minimum Gasteiger partial charge on any atom is -0.409 e. The Bertz CT molecular complexity index is 383. The van der Waals surface area contributed by atoms with Crippen molar-refractivity contribution in [3.8, 4) is 0 Å². The van der Waals surface area contributed by atoms with Crippen molar-refractivity contribution in [2.24, 2.45) is 10.1 Å². The third-order valence-corrected chi connectivity index (χ3v) is 1.56. The van der Waals surface area contributed by atoms with Gasteiger partial charge in [-0.3, -0.25) is 0 Å².